The first-order valence-corrected chi connectivity index (χ1v) is 9.30. The molecule has 1 fully saturated rings. The van der Waals surface area contributed by atoms with Crippen molar-refractivity contribution in [2.75, 3.05) is 12.0 Å². The number of imide groups is 1. The molecule has 1 saturated heterocycles. The molecule has 27 heavy (non-hydrogen) atoms. The lowest BCUT2D eigenvalue weighted by Gasteiger charge is -2.16. The van der Waals surface area contributed by atoms with Crippen LogP contribution >= 0.6 is 11.8 Å². The average molecular weight is 381 g/mol. The van der Waals surface area contributed by atoms with Crippen molar-refractivity contribution in [3.8, 4) is 11.8 Å². The molecule has 1 aromatic heterocycles. The van der Waals surface area contributed by atoms with E-state index in [0.717, 1.165) is 16.8 Å². The van der Waals surface area contributed by atoms with Crippen LogP contribution in [0.1, 0.15) is 28.8 Å². The maximum absolute atomic E-state index is 12.9. The molecule has 138 valence electrons. The molecule has 0 saturated carbocycles. The second-order valence-corrected chi connectivity index (χ2v) is 7.51. The Kier molecular flexibility index (Phi) is 5.19. The van der Waals surface area contributed by atoms with Gasteiger partial charge in [-0.05, 0) is 56.2 Å². The fourth-order valence-electron chi connectivity index (χ4n) is 2.96. The molecule has 0 spiro atoms. The molecule has 2 aromatic rings. The molecule has 3 rings (SSSR count). The number of rotatable bonds is 4. The number of amides is 2. The molecular formula is C20H19N3O3S. The number of aryl methyl sites for hydroxylation is 1. The van der Waals surface area contributed by atoms with Crippen LogP contribution in [0.4, 0.5) is 5.69 Å². The summed E-state index contributed by atoms with van der Waals surface area (Å²) in [5.74, 6) is 0.0932. The van der Waals surface area contributed by atoms with Crippen LogP contribution in [0.25, 0.3) is 0 Å². The van der Waals surface area contributed by atoms with E-state index in [9.17, 15) is 14.9 Å². The highest BCUT2D eigenvalue weighted by Crippen LogP contribution is 2.36. The SMILES string of the molecule is COc1ccc(N2C(=O)CC(Sc3nc(C)c(C)c(C)c3C#N)C2=O)cc1. The van der Waals surface area contributed by atoms with E-state index in [2.05, 4.69) is 11.1 Å². The lowest BCUT2D eigenvalue weighted by atomic mass is 10.1. The van der Waals surface area contributed by atoms with Crippen LogP contribution in [0.2, 0.25) is 0 Å². The van der Waals surface area contributed by atoms with Gasteiger partial charge in [-0.1, -0.05) is 11.8 Å². The zero-order chi connectivity index (χ0) is 19.7. The quantitative estimate of drug-likeness (QED) is 0.756. The predicted octanol–water partition coefficient (Wildman–Crippen LogP) is 3.31. The fourth-order valence-corrected chi connectivity index (χ4v) is 4.17. The summed E-state index contributed by atoms with van der Waals surface area (Å²) in [4.78, 5) is 31.0. The minimum Gasteiger partial charge on any atom is -0.497 e. The monoisotopic (exact) mass is 381 g/mol. The second-order valence-electron chi connectivity index (χ2n) is 6.32. The summed E-state index contributed by atoms with van der Waals surface area (Å²) in [7, 11) is 1.55. The van der Waals surface area contributed by atoms with Gasteiger partial charge in [0.25, 0.3) is 0 Å². The highest BCUT2D eigenvalue weighted by molar-refractivity contribution is 8.00. The summed E-state index contributed by atoms with van der Waals surface area (Å²) in [6.07, 6.45) is 0.0774. The Morgan fingerprint density at radius 3 is 2.44 bits per heavy atom. The van der Waals surface area contributed by atoms with Crippen molar-refractivity contribution in [1.29, 1.82) is 5.26 Å². The first kappa shape index (κ1) is 18.9. The summed E-state index contributed by atoms with van der Waals surface area (Å²) < 4.78 is 5.11. The number of hydrogen-bond donors (Lipinski definition) is 0. The van der Waals surface area contributed by atoms with E-state index in [0.29, 0.717) is 22.0 Å². The summed E-state index contributed by atoms with van der Waals surface area (Å²) >= 11 is 1.19. The maximum atomic E-state index is 12.9. The average Bonchev–Trinajstić information content (AvgIpc) is 2.93. The molecule has 1 aliphatic heterocycles. The van der Waals surface area contributed by atoms with Gasteiger partial charge in [0.1, 0.15) is 16.8 Å². The topological polar surface area (TPSA) is 83.3 Å². The molecule has 2 heterocycles. The van der Waals surface area contributed by atoms with Crippen LogP contribution in [-0.2, 0) is 9.59 Å². The van der Waals surface area contributed by atoms with Gasteiger partial charge in [0, 0.05) is 12.1 Å². The maximum Gasteiger partial charge on any atom is 0.247 e. The number of pyridine rings is 1. The van der Waals surface area contributed by atoms with Gasteiger partial charge in [-0.25, -0.2) is 9.88 Å². The summed E-state index contributed by atoms with van der Waals surface area (Å²) in [5.41, 5.74) is 3.61. The number of carbonyl (C=O) groups is 2. The van der Waals surface area contributed by atoms with Crippen LogP contribution < -0.4 is 9.64 Å². The minimum atomic E-state index is -0.597. The van der Waals surface area contributed by atoms with Crippen LogP contribution in [0.5, 0.6) is 5.75 Å². The standard InChI is InChI=1S/C20H19N3O3S/c1-11-12(2)16(10-21)19(22-13(11)3)27-17-9-18(24)23(20(17)25)14-5-7-15(26-4)8-6-14/h5-8,17H,9H2,1-4H3. The molecule has 2 amide bonds. The highest BCUT2D eigenvalue weighted by Gasteiger charge is 2.40. The third kappa shape index (κ3) is 3.40. The van der Waals surface area contributed by atoms with Crippen LogP contribution in [0.15, 0.2) is 29.3 Å². The summed E-state index contributed by atoms with van der Waals surface area (Å²) in [6.45, 7) is 5.67. The molecule has 0 bridgehead atoms. The van der Waals surface area contributed by atoms with Crippen molar-refractivity contribution in [3.63, 3.8) is 0 Å². The number of ether oxygens (including phenoxy) is 1. The van der Waals surface area contributed by atoms with Gasteiger partial charge in [0.2, 0.25) is 11.8 Å². The van der Waals surface area contributed by atoms with E-state index in [1.54, 1.807) is 31.4 Å². The van der Waals surface area contributed by atoms with Crippen LogP contribution in [0.3, 0.4) is 0 Å². The van der Waals surface area contributed by atoms with E-state index >= 15 is 0 Å². The number of nitrogens with zero attached hydrogens (tertiary/aromatic N) is 3. The number of carbonyl (C=O) groups excluding carboxylic acids is 2. The third-order valence-corrected chi connectivity index (χ3v) is 5.94. The zero-order valence-corrected chi connectivity index (χ0v) is 16.4. The minimum absolute atomic E-state index is 0.0774. The molecule has 0 N–H and O–H groups in total. The van der Waals surface area contributed by atoms with Gasteiger partial charge in [-0.2, -0.15) is 5.26 Å². The van der Waals surface area contributed by atoms with Gasteiger partial charge in [-0.3, -0.25) is 9.59 Å². The second kappa shape index (κ2) is 7.41. The van der Waals surface area contributed by atoms with Gasteiger partial charge >= 0.3 is 0 Å². The summed E-state index contributed by atoms with van der Waals surface area (Å²) in [6, 6.07) is 8.96. The number of thioether (sulfide) groups is 1. The number of hydrogen-bond acceptors (Lipinski definition) is 6. The largest absolute Gasteiger partial charge is 0.497 e. The highest BCUT2D eigenvalue weighted by atomic mass is 32.2. The van der Waals surface area contributed by atoms with Crippen molar-refractivity contribution >= 4 is 29.3 Å². The number of methoxy groups -OCH3 is 1. The Morgan fingerprint density at radius 1 is 1.19 bits per heavy atom. The lowest BCUT2D eigenvalue weighted by Crippen LogP contribution is -2.31. The van der Waals surface area contributed by atoms with Gasteiger partial charge < -0.3 is 4.74 Å². The number of aromatic nitrogens is 1. The van der Waals surface area contributed by atoms with Crippen LogP contribution in [0, 0.1) is 32.1 Å². The number of benzene rings is 1. The molecule has 0 aliphatic carbocycles. The Labute approximate surface area is 162 Å². The zero-order valence-electron chi connectivity index (χ0n) is 15.6. The van der Waals surface area contributed by atoms with E-state index in [1.807, 2.05) is 20.8 Å². The van der Waals surface area contributed by atoms with Crippen molar-refractivity contribution in [1.82, 2.24) is 4.98 Å². The van der Waals surface area contributed by atoms with Crippen molar-refractivity contribution in [3.05, 3.63) is 46.6 Å². The Balaban J connectivity index is 1.89. The van der Waals surface area contributed by atoms with E-state index < -0.39 is 5.25 Å². The molecule has 1 atom stereocenters. The fraction of sp³-hybridized carbons (Fsp3) is 0.300. The molecule has 6 nitrogen and oxygen atoms in total. The summed E-state index contributed by atoms with van der Waals surface area (Å²) in [5, 5.41) is 9.41. The van der Waals surface area contributed by atoms with Gasteiger partial charge in [0.15, 0.2) is 0 Å². The first-order valence-electron chi connectivity index (χ1n) is 8.42. The van der Waals surface area contributed by atoms with Gasteiger partial charge in [-0.15, -0.1) is 0 Å². The number of nitriles is 1. The Morgan fingerprint density at radius 2 is 1.85 bits per heavy atom. The molecular weight excluding hydrogens is 362 g/mol. The van der Waals surface area contributed by atoms with Gasteiger partial charge in [0.05, 0.1) is 23.6 Å². The molecule has 1 unspecified atom stereocenters. The number of anilines is 1. The van der Waals surface area contributed by atoms with Crippen molar-refractivity contribution < 1.29 is 14.3 Å². The molecule has 0 radical (unpaired) electrons. The molecule has 7 heteroatoms. The first-order chi connectivity index (χ1) is 12.9. The Hall–Kier alpha value is -2.85. The van der Waals surface area contributed by atoms with Crippen LogP contribution in [-0.4, -0.2) is 29.2 Å². The predicted molar refractivity (Wildman–Crippen MR) is 103 cm³/mol. The van der Waals surface area contributed by atoms with Crippen molar-refractivity contribution in [2.24, 2.45) is 0 Å². The van der Waals surface area contributed by atoms with Crippen molar-refractivity contribution in [2.45, 2.75) is 37.5 Å². The van der Waals surface area contributed by atoms with E-state index in [4.69, 9.17) is 4.74 Å². The molecule has 1 aliphatic rings. The lowest BCUT2D eigenvalue weighted by molar-refractivity contribution is -0.121. The van der Waals surface area contributed by atoms with E-state index in [-0.39, 0.29) is 18.2 Å². The smallest absolute Gasteiger partial charge is 0.247 e. The molecule has 1 aromatic carbocycles. The Bertz CT molecular complexity index is 964. The normalized spacial score (nSPS) is 16.6. The van der Waals surface area contributed by atoms with E-state index in [1.165, 1.54) is 16.7 Å². The third-order valence-electron chi connectivity index (χ3n) is 4.76.